The number of carbonyl (C=O) groups is 1. The van der Waals surface area contributed by atoms with E-state index in [0.717, 1.165) is 31.4 Å². The van der Waals surface area contributed by atoms with Gasteiger partial charge in [0, 0.05) is 24.6 Å². The molecule has 0 bridgehead atoms. The van der Waals surface area contributed by atoms with Crippen molar-refractivity contribution in [2.45, 2.75) is 80.2 Å². The van der Waals surface area contributed by atoms with Crippen molar-refractivity contribution in [2.75, 3.05) is 6.54 Å². The van der Waals surface area contributed by atoms with Gasteiger partial charge in [-0.15, -0.1) is 0 Å². The van der Waals surface area contributed by atoms with Gasteiger partial charge in [0.2, 0.25) is 0 Å². The third-order valence-electron chi connectivity index (χ3n) is 3.89. The first kappa shape index (κ1) is 24.2. The molecule has 1 atom stereocenters. The maximum Gasteiger partial charge on any atom is 0.253 e. The highest BCUT2D eigenvalue weighted by molar-refractivity contribution is 5.96. The molecule has 1 aromatic heterocycles. The maximum atomic E-state index is 12.9. The van der Waals surface area contributed by atoms with Gasteiger partial charge in [0.05, 0.1) is 6.20 Å². The van der Waals surface area contributed by atoms with Gasteiger partial charge in [-0.05, 0) is 32.1 Å². The van der Waals surface area contributed by atoms with Crippen molar-refractivity contribution in [3.8, 4) is 0 Å². The summed E-state index contributed by atoms with van der Waals surface area (Å²) in [5.74, 6) is 1.19. The second kappa shape index (κ2) is 14.3. The van der Waals surface area contributed by atoms with Crippen molar-refractivity contribution < 1.29 is 9.21 Å². The van der Waals surface area contributed by atoms with Crippen LogP contribution < -0.4 is 0 Å². The van der Waals surface area contributed by atoms with Gasteiger partial charge >= 0.3 is 0 Å². The summed E-state index contributed by atoms with van der Waals surface area (Å²) in [5.41, 5.74) is 0.789. The third kappa shape index (κ3) is 8.03. The second-order valence-electron chi connectivity index (χ2n) is 6.14. The third-order valence-corrected chi connectivity index (χ3v) is 3.89. The lowest BCUT2D eigenvalue weighted by Crippen LogP contribution is -2.45. The molecule has 1 unspecified atom stereocenters. The van der Waals surface area contributed by atoms with Gasteiger partial charge in [0.1, 0.15) is 6.26 Å². The van der Waals surface area contributed by atoms with Crippen LogP contribution in [0.2, 0.25) is 0 Å². The zero-order valence-electron chi connectivity index (χ0n) is 17.8. The molecule has 1 saturated heterocycles. The summed E-state index contributed by atoms with van der Waals surface area (Å²) in [6.07, 6.45) is 13.1. The summed E-state index contributed by atoms with van der Waals surface area (Å²) in [7, 11) is 0. The largest absolute Gasteiger partial charge is 0.449 e. The predicted octanol–water partition coefficient (Wildman–Crippen LogP) is 5.81. The zero-order valence-corrected chi connectivity index (χ0v) is 17.8. The number of hydrogen-bond donors (Lipinski definition) is 0. The smallest absolute Gasteiger partial charge is 0.253 e. The molecular weight excluding hydrogens is 324 g/mol. The highest BCUT2D eigenvalue weighted by Gasteiger charge is 2.29. The molecule has 0 N–H and O–H groups in total. The molecule has 0 radical (unpaired) electrons. The number of piperidine rings is 1. The van der Waals surface area contributed by atoms with Gasteiger partial charge in [-0.1, -0.05) is 59.8 Å². The summed E-state index contributed by atoms with van der Waals surface area (Å²) in [4.78, 5) is 19.1. The van der Waals surface area contributed by atoms with E-state index < -0.39 is 0 Å². The van der Waals surface area contributed by atoms with E-state index in [1.807, 2.05) is 57.7 Å². The Hall–Kier alpha value is -1.84. The first-order valence-corrected chi connectivity index (χ1v) is 10.2. The standard InChI is InChI=1S/C18H26N2O2.2C2H6/c1-4-7-15(12-14(2)3)18(21)20-10-6-5-8-16(20)13-17-19-9-11-22-17;2*1-2/h4,7,9,11-12,14,16H,5-6,8,10,13H2,1-3H3;2*1-2H3/b7-4-,15-12+;;. The van der Waals surface area contributed by atoms with Crippen LogP contribution in [0.3, 0.4) is 0 Å². The van der Waals surface area contributed by atoms with Gasteiger partial charge in [-0.25, -0.2) is 4.98 Å². The molecule has 0 spiro atoms. The molecular formula is C22H38N2O2. The van der Waals surface area contributed by atoms with Crippen molar-refractivity contribution >= 4 is 5.91 Å². The van der Waals surface area contributed by atoms with Crippen LogP contribution in [0.15, 0.2) is 40.7 Å². The average Bonchev–Trinajstić information content (AvgIpc) is 3.17. The van der Waals surface area contributed by atoms with E-state index in [1.165, 1.54) is 0 Å². The minimum atomic E-state index is 0.128. The molecule has 1 fully saturated rings. The lowest BCUT2D eigenvalue weighted by atomic mass is 9.97. The van der Waals surface area contributed by atoms with Gasteiger partial charge in [-0.2, -0.15) is 0 Å². The van der Waals surface area contributed by atoms with Gasteiger partial charge in [0.25, 0.3) is 5.91 Å². The minimum absolute atomic E-state index is 0.128. The first-order valence-electron chi connectivity index (χ1n) is 10.2. The number of amides is 1. The Morgan fingerprint density at radius 1 is 1.31 bits per heavy atom. The molecule has 2 rings (SSSR count). The van der Waals surface area contributed by atoms with Crippen LogP contribution in [0.25, 0.3) is 0 Å². The average molecular weight is 363 g/mol. The number of hydrogen-bond acceptors (Lipinski definition) is 3. The van der Waals surface area contributed by atoms with Crippen LogP contribution >= 0.6 is 0 Å². The normalized spacial score (nSPS) is 17.5. The van der Waals surface area contributed by atoms with Gasteiger partial charge in [0.15, 0.2) is 5.89 Å². The van der Waals surface area contributed by atoms with E-state index in [4.69, 9.17) is 4.42 Å². The quantitative estimate of drug-likeness (QED) is 0.490. The Morgan fingerprint density at radius 2 is 2.00 bits per heavy atom. The van der Waals surface area contributed by atoms with E-state index in [0.29, 0.717) is 18.2 Å². The van der Waals surface area contributed by atoms with Gasteiger partial charge in [-0.3, -0.25) is 4.79 Å². The minimum Gasteiger partial charge on any atom is -0.449 e. The monoisotopic (exact) mass is 362 g/mol. The van der Waals surface area contributed by atoms with Crippen molar-refractivity contribution in [1.82, 2.24) is 9.88 Å². The van der Waals surface area contributed by atoms with Crippen LogP contribution in [-0.2, 0) is 11.2 Å². The van der Waals surface area contributed by atoms with Crippen LogP contribution in [0.4, 0.5) is 0 Å². The molecule has 26 heavy (non-hydrogen) atoms. The van der Waals surface area contributed by atoms with Crippen LogP contribution in [0.1, 0.15) is 73.6 Å². The molecule has 0 aliphatic carbocycles. The van der Waals surface area contributed by atoms with E-state index in [-0.39, 0.29) is 11.9 Å². The first-order chi connectivity index (χ1) is 12.6. The summed E-state index contributed by atoms with van der Waals surface area (Å²) in [5, 5.41) is 0. The number of rotatable bonds is 5. The molecule has 0 saturated carbocycles. The van der Waals surface area contributed by atoms with Crippen molar-refractivity contribution in [3.63, 3.8) is 0 Å². The zero-order chi connectivity index (χ0) is 19.9. The Balaban J connectivity index is 0.00000146. The summed E-state index contributed by atoms with van der Waals surface area (Å²) >= 11 is 0. The maximum absolute atomic E-state index is 12.9. The van der Waals surface area contributed by atoms with Crippen molar-refractivity contribution in [1.29, 1.82) is 0 Å². The van der Waals surface area contributed by atoms with Crippen LogP contribution in [-0.4, -0.2) is 28.4 Å². The highest BCUT2D eigenvalue weighted by Crippen LogP contribution is 2.23. The molecule has 1 amide bonds. The number of carbonyl (C=O) groups excluding carboxylic acids is 1. The van der Waals surface area contributed by atoms with E-state index in [2.05, 4.69) is 18.8 Å². The molecule has 1 aliphatic heterocycles. The lowest BCUT2D eigenvalue weighted by Gasteiger charge is -2.35. The molecule has 4 heteroatoms. The fourth-order valence-corrected chi connectivity index (χ4v) is 2.94. The summed E-state index contributed by atoms with van der Waals surface area (Å²) in [6, 6.07) is 0.181. The highest BCUT2D eigenvalue weighted by atomic mass is 16.3. The number of oxazole rings is 1. The van der Waals surface area contributed by atoms with E-state index in [1.54, 1.807) is 12.5 Å². The van der Waals surface area contributed by atoms with Crippen LogP contribution in [0, 0.1) is 5.92 Å². The molecule has 1 aromatic rings. The number of allylic oxidation sites excluding steroid dienone is 2. The van der Waals surface area contributed by atoms with Crippen molar-refractivity contribution in [3.05, 3.63) is 42.2 Å². The molecule has 4 nitrogen and oxygen atoms in total. The van der Waals surface area contributed by atoms with E-state index >= 15 is 0 Å². The fourth-order valence-electron chi connectivity index (χ4n) is 2.94. The topological polar surface area (TPSA) is 46.3 Å². The van der Waals surface area contributed by atoms with Crippen molar-refractivity contribution in [2.24, 2.45) is 5.92 Å². The second-order valence-corrected chi connectivity index (χ2v) is 6.14. The van der Waals surface area contributed by atoms with E-state index in [9.17, 15) is 4.79 Å². The molecule has 148 valence electrons. The molecule has 1 aliphatic rings. The Labute approximate surface area is 160 Å². The Bertz CT molecular complexity index is 530. The SMILES string of the molecule is C/C=C\C(=C/C(C)C)C(=O)N1CCCCC1Cc1ncco1.CC.CC. The molecule has 2 heterocycles. The Morgan fingerprint density at radius 3 is 2.54 bits per heavy atom. The number of aromatic nitrogens is 1. The predicted molar refractivity (Wildman–Crippen MR) is 110 cm³/mol. The fraction of sp³-hybridized carbons (Fsp3) is 0.636. The molecule has 0 aromatic carbocycles. The summed E-state index contributed by atoms with van der Waals surface area (Å²) < 4.78 is 5.36. The number of nitrogens with zero attached hydrogens (tertiary/aromatic N) is 2. The lowest BCUT2D eigenvalue weighted by molar-refractivity contribution is -0.130. The Kier molecular flexibility index (Phi) is 13.3. The summed E-state index contributed by atoms with van der Waals surface area (Å²) in [6.45, 7) is 15.0. The number of likely N-dealkylation sites (tertiary alicyclic amines) is 1. The van der Waals surface area contributed by atoms with Crippen LogP contribution in [0.5, 0.6) is 0 Å². The van der Waals surface area contributed by atoms with Gasteiger partial charge < -0.3 is 9.32 Å².